The van der Waals surface area contributed by atoms with Crippen LogP contribution in [0.1, 0.15) is 30.7 Å². The molecule has 1 aromatic rings. The SMILES string of the molecule is CCc1nnc(NCC(O)C(F)F)c(C#N)c1CC. The van der Waals surface area contributed by atoms with Gasteiger partial charge in [-0.05, 0) is 18.4 Å². The molecule has 2 N–H and O–H groups in total. The summed E-state index contributed by atoms with van der Waals surface area (Å²) < 4.78 is 24.4. The van der Waals surface area contributed by atoms with Gasteiger partial charge in [0.15, 0.2) is 5.82 Å². The first kappa shape index (κ1) is 15.2. The van der Waals surface area contributed by atoms with E-state index in [2.05, 4.69) is 15.5 Å². The van der Waals surface area contributed by atoms with Crippen molar-refractivity contribution in [1.29, 1.82) is 5.26 Å². The van der Waals surface area contributed by atoms with Crippen LogP contribution in [-0.4, -0.2) is 34.4 Å². The summed E-state index contributed by atoms with van der Waals surface area (Å²) in [6.45, 7) is 3.41. The molecule has 0 fully saturated rings. The highest BCUT2D eigenvalue weighted by Gasteiger charge is 2.19. The number of rotatable bonds is 6. The topological polar surface area (TPSA) is 81.8 Å². The van der Waals surface area contributed by atoms with Gasteiger partial charge in [-0.25, -0.2) is 8.78 Å². The Kier molecular flexibility index (Phi) is 5.57. The summed E-state index contributed by atoms with van der Waals surface area (Å²) in [5.41, 5.74) is 1.78. The third kappa shape index (κ3) is 3.58. The maximum atomic E-state index is 12.2. The molecule has 0 aromatic carbocycles. The van der Waals surface area contributed by atoms with Crippen LogP contribution in [0.5, 0.6) is 0 Å². The maximum absolute atomic E-state index is 12.2. The zero-order chi connectivity index (χ0) is 14.4. The van der Waals surface area contributed by atoms with Crippen molar-refractivity contribution in [1.82, 2.24) is 10.2 Å². The Morgan fingerprint density at radius 3 is 2.47 bits per heavy atom. The first-order valence-electron chi connectivity index (χ1n) is 6.03. The minimum Gasteiger partial charge on any atom is -0.385 e. The van der Waals surface area contributed by atoms with Crippen molar-refractivity contribution in [3.05, 3.63) is 16.8 Å². The van der Waals surface area contributed by atoms with Crippen LogP contribution < -0.4 is 5.32 Å². The molecule has 104 valence electrons. The molecule has 0 aliphatic heterocycles. The average molecular weight is 270 g/mol. The van der Waals surface area contributed by atoms with E-state index in [9.17, 15) is 8.78 Å². The van der Waals surface area contributed by atoms with Crippen molar-refractivity contribution in [2.75, 3.05) is 11.9 Å². The van der Waals surface area contributed by atoms with Crippen molar-refractivity contribution in [2.45, 2.75) is 39.2 Å². The van der Waals surface area contributed by atoms with Gasteiger partial charge in [0.2, 0.25) is 0 Å². The summed E-state index contributed by atoms with van der Waals surface area (Å²) in [7, 11) is 0. The number of nitriles is 1. The van der Waals surface area contributed by atoms with E-state index < -0.39 is 12.5 Å². The molecule has 1 unspecified atom stereocenters. The molecule has 1 rings (SSSR count). The van der Waals surface area contributed by atoms with Crippen LogP contribution >= 0.6 is 0 Å². The first-order valence-corrected chi connectivity index (χ1v) is 6.03. The van der Waals surface area contributed by atoms with Gasteiger partial charge < -0.3 is 10.4 Å². The summed E-state index contributed by atoms with van der Waals surface area (Å²) in [4.78, 5) is 0. The Bertz CT molecular complexity index is 474. The molecule has 0 radical (unpaired) electrons. The zero-order valence-corrected chi connectivity index (χ0v) is 10.8. The number of anilines is 1. The van der Waals surface area contributed by atoms with Gasteiger partial charge in [-0.15, -0.1) is 5.10 Å². The number of alkyl halides is 2. The third-order valence-electron chi connectivity index (χ3n) is 2.73. The van der Waals surface area contributed by atoms with E-state index in [4.69, 9.17) is 10.4 Å². The molecule has 0 amide bonds. The second kappa shape index (κ2) is 6.95. The molecule has 7 heteroatoms. The number of aliphatic hydroxyl groups is 1. The van der Waals surface area contributed by atoms with Gasteiger partial charge in [0.05, 0.1) is 5.69 Å². The van der Waals surface area contributed by atoms with Crippen molar-refractivity contribution in [3.63, 3.8) is 0 Å². The number of aliphatic hydroxyl groups excluding tert-OH is 1. The lowest BCUT2D eigenvalue weighted by Gasteiger charge is -2.14. The van der Waals surface area contributed by atoms with Gasteiger partial charge in [-0.3, -0.25) is 0 Å². The van der Waals surface area contributed by atoms with Crippen molar-refractivity contribution in [3.8, 4) is 6.07 Å². The maximum Gasteiger partial charge on any atom is 0.265 e. The minimum absolute atomic E-state index is 0.135. The lowest BCUT2D eigenvalue weighted by atomic mass is 10.0. The quantitative estimate of drug-likeness (QED) is 0.818. The Morgan fingerprint density at radius 2 is 2.00 bits per heavy atom. The number of nitrogens with one attached hydrogen (secondary N) is 1. The van der Waals surface area contributed by atoms with Crippen LogP contribution in [0.2, 0.25) is 0 Å². The van der Waals surface area contributed by atoms with Gasteiger partial charge in [-0.1, -0.05) is 13.8 Å². The largest absolute Gasteiger partial charge is 0.385 e. The van der Waals surface area contributed by atoms with Crippen LogP contribution in [0, 0.1) is 11.3 Å². The van der Waals surface area contributed by atoms with E-state index in [-0.39, 0.29) is 12.4 Å². The molecular weight excluding hydrogens is 254 g/mol. The summed E-state index contributed by atoms with van der Waals surface area (Å²) in [5, 5.41) is 28.5. The van der Waals surface area contributed by atoms with Crippen LogP contribution in [-0.2, 0) is 12.8 Å². The normalized spacial score (nSPS) is 12.3. The van der Waals surface area contributed by atoms with E-state index in [1.165, 1.54) is 0 Å². The molecule has 0 spiro atoms. The Balaban J connectivity index is 2.99. The van der Waals surface area contributed by atoms with Crippen molar-refractivity contribution in [2.24, 2.45) is 0 Å². The van der Waals surface area contributed by atoms with Crippen molar-refractivity contribution < 1.29 is 13.9 Å². The smallest absolute Gasteiger partial charge is 0.265 e. The Morgan fingerprint density at radius 1 is 1.32 bits per heavy atom. The second-order valence-electron chi connectivity index (χ2n) is 3.95. The highest BCUT2D eigenvalue weighted by molar-refractivity contribution is 5.56. The number of nitrogens with zero attached hydrogens (tertiary/aromatic N) is 3. The van der Waals surface area contributed by atoms with E-state index >= 15 is 0 Å². The molecule has 19 heavy (non-hydrogen) atoms. The van der Waals surface area contributed by atoms with E-state index in [1.54, 1.807) is 0 Å². The summed E-state index contributed by atoms with van der Waals surface area (Å²) in [6.07, 6.45) is -3.39. The summed E-state index contributed by atoms with van der Waals surface area (Å²) in [6, 6.07) is 2.01. The Hall–Kier alpha value is -1.81. The number of hydrogen-bond acceptors (Lipinski definition) is 5. The predicted molar refractivity (Wildman–Crippen MR) is 66.0 cm³/mol. The standard InChI is InChI=1S/C12H16F2N4O/c1-3-7-8(5-15)12(18-17-9(7)4-2)16-6-10(19)11(13)14/h10-11,19H,3-4,6H2,1-2H3,(H,16,18). The number of aryl methyl sites for hydroxylation is 1. The fraction of sp³-hybridized carbons (Fsp3) is 0.583. The lowest BCUT2D eigenvalue weighted by Crippen LogP contribution is -2.27. The zero-order valence-electron chi connectivity index (χ0n) is 10.8. The first-order chi connectivity index (χ1) is 9.04. The number of halogens is 2. The fourth-order valence-corrected chi connectivity index (χ4v) is 1.71. The molecule has 0 aliphatic carbocycles. The minimum atomic E-state index is -2.84. The average Bonchev–Trinajstić information content (AvgIpc) is 2.42. The monoisotopic (exact) mass is 270 g/mol. The van der Waals surface area contributed by atoms with Crippen molar-refractivity contribution >= 4 is 5.82 Å². The van der Waals surface area contributed by atoms with Gasteiger partial charge in [-0.2, -0.15) is 10.4 Å². The second-order valence-corrected chi connectivity index (χ2v) is 3.95. The van der Waals surface area contributed by atoms with Gasteiger partial charge >= 0.3 is 0 Å². The van der Waals surface area contributed by atoms with E-state index in [0.29, 0.717) is 18.4 Å². The van der Waals surface area contributed by atoms with Crippen LogP contribution in [0.4, 0.5) is 14.6 Å². The highest BCUT2D eigenvalue weighted by Crippen LogP contribution is 2.20. The molecule has 0 saturated heterocycles. The number of aromatic nitrogens is 2. The van der Waals surface area contributed by atoms with E-state index in [1.807, 2.05) is 19.9 Å². The molecule has 1 aromatic heterocycles. The molecule has 5 nitrogen and oxygen atoms in total. The third-order valence-corrected chi connectivity index (χ3v) is 2.73. The summed E-state index contributed by atoms with van der Waals surface area (Å²) in [5.74, 6) is 0.135. The van der Waals surface area contributed by atoms with Crippen LogP contribution in [0.3, 0.4) is 0 Å². The molecule has 1 atom stereocenters. The highest BCUT2D eigenvalue weighted by atomic mass is 19.3. The van der Waals surface area contributed by atoms with Gasteiger partial charge in [0.1, 0.15) is 17.7 Å². The molecule has 0 aliphatic rings. The fourth-order valence-electron chi connectivity index (χ4n) is 1.71. The number of hydrogen-bond donors (Lipinski definition) is 2. The molecule has 0 bridgehead atoms. The van der Waals surface area contributed by atoms with Crippen LogP contribution in [0.15, 0.2) is 0 Å². The van der Waals surface area contributed by atoms with E-state index in [0.717, 1.165) is 11.3 Å². The lowest BCUT2D eigenvalue weighted by molar-refractivity contribution is 0.00379. The van der Waals surface area contributed by atoms with Gasteiger partial charge in [0.25, 0.3) is 6.43 Å². The van der Waals surface area contributed by atoms with Crippen LogP contribution in [0.25, 0.3) is 0 Å². The predicted octanol–water partition coefficient (Wildman–Crippen LogP) is 1.51. The Labute approximate surface area is 110 Å². The van der Waals surface area contributed by atoms with Gasteiger partial charge in [0, 0.05) is 6.54 Å². The molecular formula is C12H16F2N4O. The molecule has 1 heterocycles. The molecule has 0 saturated carbocycles. The summed E-state index contributed by atoms with van der Waals surface area (Å²) >= 11 is 0.